The number of carbonyl (C=O) groups excluding carboxylic acids is 2. The molecule has 0 aliphatic carbocycles. The summed E-state index contributed by atoms with van der Waals surface area (Å²) in [5, 5.41) is 6.10. The van der Waals surface area contributed by atoms with Crippen LogP contribution >= 0.6 is 24.0 Å². The van der Waals surface area contributed by atoms with E-state index in [0.717, 1.165) is 37.8 Å². The van der Waals surface area contributed by atoms with Gasteiger partial charge in [-0.25, -0.2) is 9.18 Å². The van der Waals surface area contributed by atoms with Crippen LogP contribution in [0.2, 0.25) is 0 Å². The Morgan fingerprint density at radius 2 is 1.84 bits per heavy atom. The Labute approximate surface area is 200 Å². The zero-order valence-corrected chi connectivity index (χ0v) is 20.7. The van der Waals surface area contributed by atoms with Crippen molar-refractivity contribution in [2.24, 2.45) is 4.99 Å². The molecule has 3 amide bonds. The SMILES string of the molecule is CCC1(C)NC(=O)N(CCCNC(=NC)N2CCN(c3ccc(F)cc3)CC2)C1=O.I. The molecule has 8 nitrogen and oxygen atoms in total. The number of imide groups is 1. The fraction of sp³-hybridized carbons (Fsp3) is 0.571. The number of benzene rings is 1. The molecular weight excluding hydrogens is 514 g/mol. The quantitative estimate of drug-likeness (QED) is 0.188. The van der Waals surface area contributed by atoms with Crippen LogP contribution in [-0.2, 0) is 4.79 Å². The summed E-state index contributed by atoms with van der Waals surface area (Å²) in [6.45, 7) is 7.90. The van der Waals surface area contributed by atoms with Crippen LogP contribution in [0.25, 0.3) is 0 Å². The van der Waals surface area contributed by atoms with E-state index in [9.17, 15) is 14.0 Å². The maximum atomic E-state index is 13.1. The number of hydrogen-bond donors (Lipinski definition) is 2. The minimum Gasteiger partial charge on any atom is -0.368 e. The predicted molar refractivity (Wildman–Crippen MR) is 131 cm³/mol. The van der Waals surface area contributed by atoms with Gasteiger partial charge in [-0.1, -0.05) is 6.92 Å². The van der Waals surface area contributed by atoms with Crippen molar-refractivity contribution in [3.63, 3.8) is 0 Å². The summed E-state index contributed by atoms with van der Waals surface area (Å²) < 4.78 is 13.1. The van der Waals surface area contributed by atoms with Crippen molar-refractivity contribution in [2.75, 3.05) is 51.2 Å². The zero-order chi connectivity index (χ0) is 21.7. The molecule has 2 saturated heterocycles. The monoisotopic (exact) mass is 546 g/mol. The normalized spacial score (nSPS) is 21.8. The largest absolute Gasteiger partial charge is 0.368 e. The Hall–Kier alpha value is -2.11. The maximum Gasteiger partial charge on any atom is 0.325 e. The number of nitrogens with one attached hydrogen (secondary N) is 2. The first-order valence-electron chi connectivity index (χ1n) is 10.5. The molecule has 0 bridgehead atoms. The van der Waals surface area contributed by atoms with Gasteiger partial charge in [-0.05, 0) is 44.0 Å². The predicted octanol–water partition coefficient (Wildman–Crippen LogP) is 2.25. The molecule has 1 unspecified atom stereocenters. The van der Waals surface area contributed by atoms with E-state index in [0.29, 0.717) is 25.9 Å². The highest BCUT2D eigenvalue weighted by molar-refractivity contribution is 14.0. The number of guanidine groups is 1. The number of hydrogen-bond acceptors (Lipinski definition) is 4. The molecule has 2 aliphatic heterocycles. The highest BCUT2D eigenvalue weighted by atomic mass is 127. The van der Waals surface area contributed by atoms with Gasteiger partial charge >= 0.3 is 6.03 Å². The molecule has 0 radical (unpaired) electrons. The average Bonchev–Trinajstić information content (AvgIpc) is 2.98. The van der Waals surface area contributed by atoms with E-state index in [-0.39, 0.29) is 41.7 Å². The molecule has 0 saturated carbocycles. The highest BCUT2D eigenvalue weighted by Gasteiger charge is 2.45. The number of anilines is 1. The molecule has 1 aromatic rings. The third kappa shape index (κ3) is 5.78. The number of halogens is 2. The molecule has 172 valence electrons. The molecule has 31 heavy (non-hydrogen) atoms. The van der Waals surface area contributed by atoms with Gasteiger partial charge < -0.3 is 20.4 Å². The molecule has 2 heterocycles. The second-order valence-electron chi connectivity index (χ2n) is 7.85. The number of amides is 3. The Bertz CT molecular complexity index is 798. The summed E-state index contributed by atoms with van der Waals surface area (Å²) in [7, 11) is 1.75. The summed E-state index contributed by atoms with van der Waals surface area (Å²) in [6, 6.07) is 6.26. The lowest BCUT2D eigenvalue weighted by atomic mass is 9.99. The van der Waals surface area contributed by atoms with E-state index in [4.69, 9.17) is 0 Å². The standard InChI is InChI=1S/C21H31FN6O2.HI/c1-4-21(2)18(29)28(20(30)25-21)11-5-10-24-19(23-3)27-14-12-26(13-15-27)17-8-6-16(22)7-9-17;/h6-9H,4-5,10-15H2,1-3H3,(H,23,24)(H,25,30);1H. The third-order valence-electron chi connectivity index (χ3n) is 5.88. The second kappa shape index (κ2) is 11.0. The first-order chi connectivity index (χ1) is 14.4. The van der Waals surface area contributed by atoms with Crippen molar-refractivity contribution >= 4 is 47.6 Å². The number of rotatable bonds is 6. The molecule has 1 atom stereocenters. The van der Waals surface area contributed by atoms with Crippen LogP contribution in [0, 0.1) is 5.82 Å². The molecule has 1 aromatic carbocycles. The van der Waals surface area contributed by atoms with E-state index in [1.54, 1.807) is 26.1 Å². The van der Waals surface area contributed by atoms with E-state index in [1.807, 2.05) is 6.92 Å². The van der Waals surface area contributed by atoms with Gasteiger partial charge in [-0.3, -0.25) is 14.7 Å². The molecule has 10 heteroatoms. The zero-order valence-electron chi connectivity index (χ0n) is 18.4. The third-order valence-corrected chi connectivity index (χ3v) is 5.88. The van der Waals surface area contributed by atoms with Gasteiger partial charge in [-0.15, -0.1) is 24.0 Å². The topological polar surface area (TPSA) is 80.3 Å². The molecule has 3 rings (SSSR count). The Balaban J connectivity index is 0.00000341. The molecule has 2 aliphatic rings. The fourth-order valence-electron chi connectivity index (χ4n) is 3.79. The van der Waals surface area contributed by atoms with E-state index < -0.39 is 5.54 Å². The summed E-state index contributed by atoms with van der Waals surface area (Å²) in [5.74, 6) is 0.426. The van der Waals surface area contributed by atoms with Crippen LogP contribution in [0.1, 0.15) is 26.7 Å². The van der Waals surface area contributed by atoms with Crippen molar-refractivity contribution in [1.29, 1.82) is 0 Å². The van der Waals surface area contributed by atoms with Crippen LogP contribution in [-0.4, -0.2) is 79.6 Å². The summed E-state index contributed by atoms with van der Waals surface area (Å²) >= 11 is 0. The van der Waals surface area contributed by atoms with Crippen LogP contribution in [0.3, 0.4) is 0 Å². The van der Waals surface area contributed by atoms with Crippen LogP contribution in [0.15, 0.2) is 29.3 Å². The van der Waals surface area contributed by atoms with Gasteiger partial charge in [0.25, 0.3) is 5.91 Å². The fourth-order valence-corrected chi connectivity index (χ4v) is 3.79. The lowest BCUT2D eigenvalue weighted by molar-refractivity contribution is -0.130. The van der Waals surface area contributed by atoms with Gasteiger partial charge in [0.1, 0.15) is 11.4 Å². The lowest BCUT2D eigenvalue weighted by Crippen LogP contribution is -2.52. The van der Waals surface area contributed by atoms with Crippen molar-refractivity contribution in [2.45, 2.75) is 32.2 Å². The Morgan fingerprint density at radius 3 is 2.39 bits per heavy atom. The molecule has 0 spiro atoms. The van der Waals surface area contributed by atoms with E-state index in [2.05, 4.69) is 25.4 Å². The number of aliphatic imine (C=N–C) groups is 1. The smallest absolute Gasteiger partial charge is 0.325 e. The van der Waals surface area contributed by atoms with Crippen LogP contribution in [0.5, 0.6) is 0 Å². The van der Waals surface area contributed by atoms with Gasteiger partial charge in [0.2, 0.25) is 0 Å². The van der Waals surface area contributed by atoms with Crippen molar-refractivity contribution in [3.8, 4) is 0 Å². The molecule has 2 N–H and O–H groups in total. The van der Waals surface area contributed by atoms with Crippen LogP contribution < -0.4 is 15.5 Å². The first-order valence-corrected chi connectivity index (χ1v) is 10.5. The van der Waals surface area contributed by atoms with Crippen molar-refractivity contribution in [3.05, 3.63) is 30.1 Å². The van der Waals surface area contributed by atoms with Crippen molar-refractivity contribution < 1.29 is 14.0 Å². The van der Waals surface area contributed by atoms with Gasteiger partial charge in [0.05, 0.1) is 0 Å². The molecule has 0 aromatic heterocycles. The molecule has 2 fully saturated rings. The Kier molecular flexibility index (Phi) is 8.90. The number of nitrogens with zero attached hydrogens (tertiary/aromatic N) is 4. The number of piperazine rings is 1. The second-order valence-corrected chi connectivity index (χ2v) is 7.85. The summed E-state index contributed by atoms with van der Waals surface area (Å²) in [6.07, 6.45) is 1.22. The minimum absolute atomic E-state index is 0. The van der Waals surface area contributed by atoms with E-state index >= 15 is 0 Å². The molecular formula is C21H32FIN6O2. The van der Waals surface area contributed by atoms with Gasteiger partial charge in [-0.2, -0.15) is 0 Å². The Morgan fingerprint density at radius 1 is 1.19 bits per heavy atom. The number of carbonyl (C=O) groups is 2. The van der Waals surface area contributed by atoms with Gasteiger partial charge in [0.15, 0.2) is 5.96 Å². The first kappa shape index (κ1) is 25.2. The van der Waals surface area contributed by atoms with E-state index in [1.165, 1.54) is 17.0 Å². The highest BCUT2D eigenvalue weighted by Crippen LogP contribution is 2.21. The average molecular weight is 546 g/mol. The summed E-state index contributed by atoms with van der Waals surface area (Å²) in [4.78, 5) is 34.6. The number of urea groups is 1. The maximum absolute atomic E-state index is 13.1. The van der Waals surface area contributed by atoms with Crippen LogP contribution in [0.4, 0.5) is 14.9 Å². The van der Waals surface area contributed by atoms with Crippen molar-refractivity contribution in [1.82, 2.24) is 20.4 Å². The van der Waals surface area contributed by atoms with Gasteiger partial charge in [0, 0.05) is 52.0 Å². The lowest BCUT2D eigenvalue weighted by Gasteiger charge is -2.37. The minimum atomic E-state index is -0.787. The summed E-state index contributed by atoms with van der Waals surface area (Å²) in [5.41, 5.74) is 0.233.